The SMILES string of the molecule is CCCCNC(=O)CCCCCSc1nc2ccccc2c(=O)n1-c1ccc(F)cc1. The van der Waals surface area contributed by atoms with E-state index in [1.165, 1.54) is 23.9 Å². The average molecular weight is 442 g/mol. The molecule has 0 radical (unpaired) electrons. The Morgan fingerprint density at radius 2 is 1.84 bits per heavy atom. The molecule has 3 rings (SSSR count). The summed E-state index contributed by atoms with van der Waals surface area (Å²) in [6.45, 7) is 2.85. The van der Waals surface area contributed by atoms with E-state index in [1.54, 1.807) is 22.8 Å². The molecule has 0 saturated carbocycles. The number of benzene rings is 2. The molecule has 1 heterocycles. The third-order valence-corrected chi connectivity index (χ3v) is 5.99. The van der Waals surface area contributed by atoms with Crippen molar-refractivity contribution in [3.63, 3.8) is 0 Å². The van der Waals surface area contributed by atoms with Gasteiger partial charge in [0.15, 0.2) is 5.16 Å². The third kappa shape index (κ3) is 6.40. The highest BCUT2D eigenvalue weighted by atomic mass is 32.2. The van der Waals surface area contributed by atoms with Crippen LogP contribution in [-0.2, 0) is 4.79 Å². The van der Waals surface area contributed by atoms with Gasteiger partial charge in [0.2, 0.25) is 5.91 Å². The second kappa shape index (κ2) is 11.6. The molecular formula is C24H28FN3O2S. The molecule has 1 aromatic heterocycles. The number of halogens is 1. The lowest BCUT2D eigenvalue weighted by Crippen LogP contribution is -2.23. The van der Waals surface area contributed by atoms with Crippen molar-refractivity contribution in [1.29, 1.82) is 0 Å². The first kappa shape index (κ1) is 23.0. The number of aromatic nitrogens is 2. The van der Waals surface area contributed by atoms with Gasteiger partial charge in [0.25, 0.3) is 5.56 Å². The van der Waals surface area contributed by atoms with Crippen LogP contribution >= 0.6 is 11.8 Å². The van der Waals surface area contributed by atoms with Gasteiger partial charge in [0.05, 0.1) is 16.6 Å². The van der Waals surface area contributed by atoms with Gasteiger partial charge in [-0.15, -0.1) is 0 Å². The minimum atomic E-state index is -0.349. The monoisotopic (exact) mass is 441 g/mol. The van der Waals surface area contributed by atoms with E-state index in [-0.39, 0.29) is 17.3 Å². The summed E-state index contributed by atoms with van der Waals surface area (Å²) in [6.07, 6.45) is 5.32. The zero-order valence-electron chi connectivity index (χ0n) is 17.8. The Morgan fingerprint density at radius 3 is 2.61 bits per heavy atom. The summed E-state index contributed by atoms with van der Waals surface area (Å²) < 4.78 is 14.9. The van der Waals surface area contributed by atoms with E-state index in [2.05, 4.69) is 12.2 Å². The number of hydrogen-bond donors (Lipinski definition) is 1. The first-order valence-electron chi connectivity index (χ1n) is 10.8. The van der Waals surface area contributed by atoms with Crippen LogP contribution < -0.4 is 10.9 Å². The number of para-hydroxylation sites is 1. The summed E-state index contributed by atoms with van der Waals surface area (Å²) in [5.41, 5.74) is 1.08. The van der Waals surface area contributed by atoms with Crippen LogP contribution in [0.4, 0.5) is 4.39 Å². The van der Waals surface area contributed by atoms with E-state index < -0.39 is 0 Å². The van der Waals surface area contributed by atoms with Crippen molar-refractivity contribution in [2.75, 3.05) is 12.3 Å². The number of rotatable bonds is 11. The summed E-state index contributed by atoms with van der Waals surface area (Å²) in [6, 6.07) is 13.1. The Balaban J connectivity index is 1.65. The van der Waals surface area contributed by atoms with Gasteiger partial charge in [0.1, 0.15) is 5.82 Å². The van der Waals surface area contributed by atoms with Gasteiger partial charge in [-0.3, -0.25) is 14.2 Å². The first-order chi connectivity index (χ1) is 15.1. The van der Waals surface area contributed by atoms with Gasteiger partial charge in [-0.05, 0) is 55.7 Å². The van der Waals surface area contributed by atoms with E-state index in [9.17, 15) is 14.0 Å². The smallest absolute Gasteiger partial charge is 0.266 e. The van der Waals surface area contributed by atoms with E-state index in [4.69, 9.17) is 4.98 Å². The lowest BCUT2D eigenvalue weighted by Gasteiger charge is -2.13. The molecule has 0 aliphatic rings. The Morgan fingerprint density at radius 1 is 1.06 bits per heavy atom. The topological polar surface area (TPSA) is 64.0 Å². The molecule has 0 spiro atoms. The molecule has 1 N–H and O–H groups in total. The Kier molecular flexibility index (Phi) is 8.64. The van der Waals surface area contributed by atoms with Crippen molar-refractivity contribution in [3.8, 4) is 5.69 Å². The zero-order chi connectivity index (χ0) is 22.1. The van der Waals surface area contributed by atoms with Gasteiger partial charge >= 0.3 is 0 Å². The van der Waals surface area contributed by atoms with Crippen LogP contribution in [-0.4, -0.2) is 27.8 Å². The predicted molar refractivity (Wildman–Crippen MR) is 124 cm³/mol. The largest absolute Gasteiger partial charge is 0.356 e. The fourth-order valence-electron chi connectivity index (χ4n) is 3.25. The van der Waals surface area contributed by atoms with Gasteiger partial charge in [-0.2, -0.15) is 0 Å². The molecule has 3 aromatic rings. The molecule has 5 nitrogen and oxygen atoms in total. The summed E-state index contributed by atoms with van der Waals surface area (Å²) in [7, 11) is 0. The number of carbonyl (C=O) groups is 1. The normalized spacial score (nSPS) is 11.0. The highest BCUT2D eigenvalue weighted by molar-refractivity contribution is 7.99. The number of fused-ring (bicyclic) bond motifs is 1. The first-order valence-corrected chi connectivity index (χ1v) is 11.8. The molecule has 31 heavy (non-hydrogen) atoms. The fourth-order valence-corrected chi connectivity index (χ4v) is 4.26. The van der Waals surface area contributed by atoms with Crippen molar-refractivity contribution in [3.05, 3.63) is 64.7 Å². The summed E-state index contributed by atoms with van der Waals surface area (Å²) in [4.78, 5) is 29.6. The second-order valence-electron chi connectivity index (χ2n) is 7.39. The Bertz CT molecular complexity index is 1070. The number of nitrogens with zero attached hydrogens (tertiary/aromatic N) is 2. The van der Waals surface area contributed by atoms with E-state index in [0.29, 0.717) is 28.2 Å². The molecule has 7 heteroatoms. The number of unbranched alkanes of at least 4 members (excludes halogenated alkanes) is 3. The summed E-state index contributed by atoms with van der Waals surface area (Å²) in [5.74, 6) is 0.546. The van der Waals surface area contributed by atoms with Gasteiger partial charge in [-0.25, -0.2) is 9.37 Å². The molecule has 0 unspecified atom stereocenters. The van der Waals surface area contributed by atoms with Crippen molar-refractivity contribution >= 4 is 28.6 Å². The second-order valence-corrected chi connectivity index (χ2v) is 8.45. The van der Waals surface area contributed by atoms with Gasteiger partial charge in [-0.1, -0.05) is 43.7 Å². The number of hydrogen-bond acceptors (Lipinski definition) is 4. The average Bonchev–Trinajstić information content (AvgIpc) is 2.77. The quantitative estimate of drug-likeness (QED) is 0.256. The highest BCUT2D eigenvalue weighted by Crippen LogP contribution is 2.23. The van der Waals surface area contributed by atoms with Crippen LogP contribution in [0.25, 0.3) is 16.6 Å². The molecule has 0 aliphatic heterocycles. The number of nitrogens with one attached hydrogen (secondary N) is 1. The Labute approximate surface area is 186 Å². The van der Waals surface area contributed by atoms with Crippen LogP contribution in [0.3, 0.4) is 0 Å². The van der Waals surface area contributed by atoms with Gasteiger partial charge in [0, 0.05) is 18.7 Å². The molecular weight excluding hydrogens is 413 g/mol. The van der Waals surface area contributed by atoms with Crippen LogP contribution in [0, 0.1) is 5.82 Å². The van der Waals surface area contributed by atoms with Crippen molar-refractivity contribution < 1.29 is 9.18 Å². The lowest BCUT2D eigenvalue weighted by atomic mass is 10.2. The van der Waals surface area contributed by atoms with Crippen molar-refractivity contribution in [2.24, 2.45) is 0 Å². The number of carbonyl (C=O) groups excluding carboxylic acids is 1. The maximum absolute atomic E-state index is 13.4. The fraction of sp³-hybridized carbons (Fsp3) is 0.375. The van der Waals surface area contributed by atoms with Crippen LogP contribution in [0.5, 0.6) is 0 Å². The van der Waals surface area contributed by atoms with E-state index >= 15 is 0 Å². The molecule has 164 valence electrons. The third-order valence-electron chi connectivity index (χ3n) is 4.96. The number of amides is 1. The maximum Gasteiger partial charge on any atom is 0.266 e. The van der Waals surface area contributed by atoms with Crippen LogP contribution in [0.1, 0.15) is 45.4 Å². The molecule has 2 aromatic carbocycles. The molecule has 0 bridgehead atoms. The van der Waals surface area contributed by atoms with Crippen molar-refractivity contribution in [1.82, 2.24) is 14.9 Å². The van der Waals surface area contributed by atoms with Crippen LogP contribution in [0.2, 0.25) is 0 Å². The van der Waals surface area contributed by atoms with E-state index in [0.717, 1.165) is 44.4 Å². The van der Waals surface area contributed by atoms with Gasteiger partial charge < -0.3 is 5.32 Å². The van der Waals surface area contributed by atoms with Crippen LogP contribution in [0.15, 0.2) is 58.5 Å². The standard InChI is InChI=1S/C24H28FN3O2S/c1-2-3-16-26-22(29)11-5-4-8-17-31-24-27-21-10-7-6-9-20(21)23(30)28(24)19-14-12-18(25)13-15-19/h6-7,9-10,12-15H,2-5,8,11,16-17H2,1H3,(H,26,29). The molecule has 1 amide bonds. The lowest BCUT2D eigenvalue weighted by molar-refractivity contribution is -0.121. The van der Waals surface area contributed by atoms with E-state index in [1.807, 2.05) is 18.2 Å². The number of thioether (sulfide) groups is 1. The molecule has 0 saturated heterocycles. The predicted octanol–water partition coefficient (Wildman–Crippen LogP) is 5.09. The highest BCUT2D eigenvalue weighted by Gasteiger charge is 2.13. The minimum absolute atomic E-state index is 0.113. The summed E-state index contributed by atoms with van der Waals surface area (Å²) >= 11 is 1.51. The minimum Gasteiger partial charge on any atom is -0.356 e. The maximum atomic E-state index is 13.4. The molecule has 0 atom stereocenters. The molecule has 0 fully saturated rings. The Hall–Kier alpha value is -2.67. The van der Waals surface area contributed by atoms with Crippen molar-refractivity contribution in [2.45, 2.75) is 50.6 Å². The zero-order valence-corrected chi connectivity index (χ0v) is 18.6. The summed E-state index contributed by atoms with van der Waals surface area (Å²) in [5, 5.41) is 4.06. The molecule has 0 aliphatic carbocycles.